The molecule has 7 nitrogen and oxygen atoms in total. The Morgan fingerprint density at radius 2 is 2.10 bits per heavy atom. The zero-order chi connectivity index (χ0) is 20.0. The molecule has 1 aromatic carbocycles. The van der Waals surface area contributed by atoms with Gasteiger partial charge in [0.05, 0.1) is 12.7 Å². The molecule has 0 bridgehead atoms. The number of carbonyl (C=O) groups excluding carboxylic acids is 1. The van der Waals surface area contributed by atoms with Crippen molar-refractivity contribution in [3.63, 3.8) is 0 Å². The summed E-state index contributed by atoms with van der Waals surface area (Å²) in [7, 11) is 1.57. The molecule has 3 heterocycles. The van der Waals surface area contributed by atoms with Crippen LogP contribution in [0.25, 0.3) is 0 Å². The van der Waals surface area contributed by atoms with Gasteiger partial charge < -0.3 is 18.9 Å². The number of halogens is 1. The van der Waals surface area contributed by atoms with Crippen molar-refractivity contribution in [3.8, 4) is 5.75 Å². The van der Waals surface area contributed by atoms with E-state index in [9.17, 15) is 4.79 Å². The average molecular weight is 417 g/mol. The van der Waals surface area contributed by atoms with Gasteiger partial charge in [0.2, 0.25) is 0 Å². The third-order valence-electron chi connectivity index (χ3n) is 6.67. The second-order valence-electron chi connectivity index (χ2n) is 8.39. The Bertz CT molecular complexity index is 920. The standard InChI is InChI=1S/C21H25ClN4O3/c1-28-18-5-2-14(22)10-16(18)20(27)25-11-17(21(12-25)6-8-29-9-7-21)19-24-23-13-26(19)15-3-4-15/h2,5,10,13,15,17H,3-4,6-9,11-12H2,1H3. The van der Waals surface area contributed by atoms with Crippen molar-refractivity contribution in [2.75, 3.05) is 33.4 Å². The minimum Gasteiger partial charge on any atom is -0.496 e. The largest absolute Gasteiger partial charge is 0.496 e. The van der Waals surface area contributed by atoms with Crippen molar-refractivity contribution in [2.24, 2.45) is 5.41 Å². The summed E-state index contributed by atoms with van der Waals surface area (Å²) in [6, 6.07) is 5.69. The molecule has 0 radical (unpaired) electrons. The van der Waals surface area contributed by atoms with Gasteiger partial charge in [0.25, 0.3) is 5.91 Å². The van der Waals surface area contributed by atoms with Crippen LogP contribution in [0.3, 0.4) is 0 Å². The Morgan fingerprint density at radius 1 is 1.31 bits per heavy atom. The van der Waals surface area contributed by atoms with Crippen molar-refractivity contribution in [2.45, 2.75) is 37.6 Å². The minimum atomic E-state index is -0.0461. The second-order valence-corrected chi connectivity index (χ2v) is 8.82. The zero-order valence-corrected chi connectivity index (χ0v) is 17.3. The predicted molar refractivity (Wildman–Crippen MR) is 107 cm³/mol. The number of ether oxygens (including phenoxy) is 2. The fourth-order valence-corrected chi connectivity index (χ4v) is 5.09. The van der Waals surface area contributed by atoms with Crippen molar-refractivity contribution in [1.29, 1.82) is 0 Å². The van der Waals surface area contributed by atoms with Gasteiger partial charge in [-0.15, -0.1) is 10.2 Å². The van der Waals surface area contributed by atoms with Crippen LogP contribution in [-0.2, 0) is 4.74 Å². The summed E-state index contributed by atoms with van der Waals surface area (Å²) in [6.07, 6.45) is 6.05. The summed E-state index contributed by atoms with van der Waals surface area (Å²) in [5.74, 6) is 1.67. The molecule has 1 unspecified atom stereocenters. The third kappa shape index (κ3) is 3.30. The van der Waals surface area contributed by atoms with E-state index in [4.69, 9.17) is 21.1 Å². The minimum absolute atomic E-state index is 0.0284. The highest BCUT2D eigenvalue weighted by Gasteiger charge is 2.51. The molecular formula is C21H25ClN4O3. The van der Waals surface area contributed by atoms with Crippen LogP contribution in [0.2, 0.25) is 5.02 Å². The van der Waals surface area contributed by atoms with Crippen molar-refractivity contribution in [1.82, 2.24) is 19.7 Å². The molecule has 1 spiro atoms. The van der Waals surface area contributed by atoms with E-state index in [1.807, 2.05) is 11.2 Å². The first kappa shape index (κ1) is 18.9. The lowest BCUT2D eigenvalue weighted by molar-refractivity contribution is 0.0107. The second kappa shape index (κ2) is 7.29. The molecule has 1 aliphatic carbocycles. The van der Waals surface area contributed by atoms with Crippen molar-refractivity contribution < 1.29 is 14.3 Å². The van der Waals surface area contributed by atoms with Gasteiger partial charge in [-0.2, -0.15) is 0 Å². The van der Waals surface area contributed by atoms with Gasteiger partial charge in [-0.05, 0) is 43.9 Å². The van der Waals surface area contributed by atoms with Crippen LogP contribution in [0.4, 0.5) is 0 Å². The van der Waals surface area contributed by atoms with Gasteiger partial charge in [-0.3, -0.25) is 4.79 Å². The summed E-state index contributed by atoms with van der Waals surface area (Å²) in [4.78, 5) is 15.4. The summed E-state index contributed by atoms with van der Waals surface area (Å²) in [6.45, 7) is 2.75. The lowest BCUT2D eigenvalue weighted by atomic mass is 9.71. The van der Waals surface area contributed by atoms with Crippen molar-refractivity contribution >= 4 is 17.5 Å². The number of likely N-dealkylation sites (tertiary alicyclic amines) is 1. The lowest BCUT2D eigenvalue weighted by Gasteiger charge is -2.37. The summed E-state index contributed by atoms with van der Waals surface area (Å²) >= 11 is 6.17. The fraction of sp³-hybridized carbons (Fsp3) is 0.571. The maximum atomic E-state index is 13.5. The Labute approximate surface area is 174 Å². The van der Waals surface area contributed by atoms with Gasteiger partial charge >= 0.3 is 0 Å². The van der Waals surface area contributed by atoms with Gasteiger partial charge in [-0.1, -0.05) is 11.6 Å². The van der Waals surface area contributed by atoms with E-state index in [0.29, 0.717) is 35.5 Å². The number of aromatic nitrogens is 3. The highest BCUT2D eigenvalue weighted by Crippen LogP contribution is 2.51. The van der Waals surface area contributed by atoms with E-state index in [0.717, 1.165) is 31.9 Å². The number of benzene rings is 1. The van der Waals surface area contributed by atoms with Crippen LogP contribution in [0.15, 0.2) is 24.5 Å². The first-order chi connectivity index (χ1) is 14.1. The Hall–Kier alpha value is -2.12. The molecule has 29 heavy (non-hydrogen) atoms. The summed E-state index contributed by atoms with van der Waals surface area (Å²) < 4.78 is 13.3. The van der Waals surface area contributed by atoms with Crippen molar-refractivity contribution in [3.05, 3.63) is 40.9 Å². The highest BCUT2D eigenvalue weighted by molar-refractivity contribution is 6.31. The summed E-state index contributed by atoms with van der Waals surface area (Å²) in [5.41, 5.74) is 0.478. The first-order valence-electron chi connectivity index (χ1n) is 10.2. The van der Waals surface area contributed by atoms with Gasteiger partial charge in [0.15, 0.2) is 0 Å². The third-order valence-corrected chi connectivity index (χ3v) is 6.90. The number of carbonyl (C=O) groups is 1. The van der Waals surface area contributed by atoms with E-state index in [-0.39, 0.29) is 17.2 Å². The van der Waals surface area contributed by atoms with Crippen LogP contribution in [0.1, 0.15) is 53.8 Å². The maximum Gasteiger partial charge on any atom is 0.257 e. The molecule has 2 aliphatic heterocycles. The average Bonchev–Trinajstić information content (AvgIpc) is 3.36. The SMILES string of the molecule is COc1ccc(Cl)cc1C(=O)N1CC(c2nncn2C2CC2)C2(CCOCC2)C1. The molecule has 5 rings (SSSR count). The number of amides is 1. The topological polar surface area (TPSA) is 69.5 Å². The Kier molecular flexibility index (Phi) is 4.75. The number of methoxy groups -OCH3 is 1. The van der Waals surface area contributed by atoms with E-state index in [2.05, 4.69) is 14.8 Å². The van der Waals surface area contributed by atoms with Gasteiger partial charge in [-0.25, -0.2) is 0 Å². The molecule has 3 fully saturated rings. The van der Waals surface area contributed by atoms with E-state index in [1.54, 1.807) is 25.3 Å². The normalized spacial score (nSPS) is 23.5. The summed E-state index contributed by atoms with van der Waals surface area (Å²) in [5, 5.41) is 9.25. The quantitative estimate of drug-likeness (QED) is 0.764. The number of rotatable bonds is 4. The highest BCUT2D eigenvalue weighted by atomic mass is 35.5. The number of nitrogens with zero attached hydrogens (tertiary/aromatic N) is 4. The van der Waals surface area contributed by atoms with Crippen LogP contribution in [-0.4, -0.2) is 59.0 Å². The molecule has 8 heteroatoms. The van der Waals surface area contributed by atoms with E-state index in [1.165, 1.54) is 12.8 Å². The van der Waals surface area contributed by atoms with Gasteiger partial charge in [0.1, 0.15) is 17.9 Å². The Morgan fingerprint density at radius 3 is 2.83 bits per heavy atom. The van der Waals surface area contributed by atoms with Gasteiger partial charge in [0, 0.05) is 48.7 Å². The Balaban J connectivity index is 1.49. The lowest BCUT2D eigenvalue weighted by Crippen LogP contribution is -2.37. The number of hydrogen-bond acceptors (Lipinski definition) is 5. The molecule has 3 aliphatic rings. The smallest absolute Gasteiger partial charge is 0.257 e. The van der Waals surface area contributed by atoms with E-state index < -0.39 is 0 Å². The molecular weight excluding hydrogens is 392 g/mol. The molecule has 1 saturated carbocycles. The van der Waals surface area contributed by atoms with E-state index >= 15 is 0 Å². The predicted octanol–water partition coefficient (Wildman–Crippen LogP) is 3.31. The van der Waals surface area contributed by atoms with Crippen LogP contribution in [0, 0.1) is 5.41 Å². The van der Waals surface area contributed by atoms with Crippen LogP contribution in [0.5, 0.6) is 5.75 Å². The monoisotopic (exact) mass is 416 g/mol. The first-order valence-corrected chi connectivity index (χ1v) is 10.6. The molecule has 154 valence electrons. The van der Waals surface area contributed by atoms with Crippen LogP contribution >= 0.6 is 11.6 Å². The molecule has 0 N–H and O–H groups in total. The molecule has 1 aromatic heterocycles. The molecule has 1 amide bonds. The fourth-order valence-electron chi connectivity index (χ4n) is 4.92. The molecule has 2 aromatic rings. The van der Waals surface area contributed by atoms with Crippen LogP contribution < -0.4 is 4.74 Å². The molecule has 1 atom stereocenters. The maximum absolute atomic E-state index is 13.5. The molecule has 2 saturated heterocycles. The zero-order valence-electron chi connectivity index (χ0n) is 16.5. The number of hydrogen-bond donors (Lipinski definition) is 0.